The Morgan fingerprint density at radius 3 is 2.63 bits per heavy atom. The number of hydrazine groups is 1. The zero-order valence-corrected chi connectivity index (χ0v) is 17.3. The fourth-order valence-corrected chi connectivity index (χ4v) is 4.11. The molecule has 152 valence electrons. The number of aromatic nitrogens is 2. The van der Waals surface area contributed by atoms with Gasteiger partial charge in [0.25, 0.3) is 5.91 Å². The van der Waals surface area contributed by atoms with Crippen LogP contribution in [0.3, 0.4) is 0 Å². The van der Waals surface area contributed by atoms with Gasteiger partial charge in [0.15, 0.2) is 0 Å². The highest BCUT2D eigenvalue weighted by atomic mass is 32.1. The summed E-state index contributed by atoms with van der Waals surface area (Å²) >= 11 is 1.27. The van der Waals surface area contributed by atoms with Crippen LogP contribution in [0.25, 0.3) is 21.5 Å². The lowest BCUT2D eigenvalue weighted by molar-refractivity contribution is -0.121. The largest absolute Gasteiger partial charge is 0.497 e. The van der Waals surface area contributed by atoms with Gasteiger partial charge >= 0.3 is 0 Å². The van der Waals surface area contributed by atoms with Crippen molar-refractivity contribution in [1.82, 2.24) is 20.8 Å². The highest BCUT2D eigenvalue weighted by molar-refractivity contribution is 7.17. The minimum Gasteiger partial charge on any atom is -0.497 e. The Bertz CT molecular complexity index is 1210. The number of nitrogens with zero attached hydrogens (tertiary/aromatic N) is 1. The number of nitrogens with one attached hydrogen (secondary N) is 3. The van der Waals surface area contributed by atoms with Crippen molar-refractivity contribution in [1.29, 1.82) is 0 Å². The van der Waals surface area contributed by atoms with E-state index < -0.39 is 5.91 Å². The van der Waals surface area contributed by atoms with Gasteiger partial charge in [-0.1, -0.05) is 18.2 Å². The van der Waals surface area contributed by atoms with Crippen molar-refractivity contribution in [3.05, 3.63) is 70.9 Å². The van der Waals surface area contributed by atoms with Crippen LogP contribution < -0.4 is 15.6 Å². The van der Waals surface area contributed by atoms with Gasteiger partial charge < -0.3 is 9.72 Å². The Labute approximate surface area is 177 Å². The van der Waals surface area contributed by atoms with E-state index in [1.807, 2.05) is 48.5 Å². The summed E-state index contributed by atoms with van der Waals surface area (Å²) in [6.45, 7) is 1.77. The van der Waals surface area contributed by atoms with E-state index in [1.165, 1.54) is 11.3 Å². The maximum absolute atomic E-state index is 12.5. The molecule has 0 spiro atoms. The van der Waals surface area contributed by atoms with Gasteiger partial charge in [0, 0.05) is 22.7 Å². The molecule has 4 aromatic rings. The number of aromatic amines is 1. The molecule has 0 unspecified atom stereocenters. The zero-order valence-electron chi connectivity index (χ0n) is 16.5. The number of aryl methyl sites for hydroxylation is 1. The molecule has 0 fully saturated rings. The van der Waals surface area contributed by atoms with Crippen molar-refractivity contribution in [2.45, 2.75) is 13.3 Å². The number of methoxy groups -OCH3 is 1. The van der Waals surface area contributed by atoms with Crippen LogP contribution in [0.1, 0.15) is 20.9 Å². The summed E-state index contributed by atoms with van der Waals surface area (Å²) in [5, 5.41) is 1.71. The van der Waals surface area contributed by atoms with Crippen LogP contribution in [-0.4, -0.2) is 28.9 Å². The molecule has 7 nitrogen and oxygen atoms in total. The van der Waals surface area contributed by atoms with Gasteiger partial charge in [-0.25, -0.2) is 4.98 Å². The Kier molecular flexibility index (Phi) is 5.49. The number of para-hydroxylation sites is 1. The molecule has 30 heavy (non-hydrogen) atoms. The van der Waals surface area contributed by atoms with E-state index in [2.05, 4.69) is 20.8 Å². The summed E-state index contributed by atoms with van der Waals surface area (Å²) in [7, 11) is 1.61. The fourth-order valence-electron chi connectivity index (χ4n) is 3.14. The lowest BCUT2D eigenvalue weighted by Gasteiger charge is -2.06. The Morgan fingerprint density at radius 2 is 1.87 bits per heavy atom. The van der Waals surface area contributed by atoms with Gasteiger partial charge in [-0.3, -0.25) is 20.4 Å². The summed E-state index contributed by atoms with van der Waals surface area (Å²) < 4.78 is 5.16. The number of hydrogen-bond donors (Lipinski definition) is 3. The quantitative estimate of drug-likeness (QED) is 0.430. The number of ether oxygens (including phenoxy) is 1. The zero-order chi connectivity index (χ0) is 21.1. The van der Waals surface area contributed by atoms with Crippen molar-refractivity contribution in [3.8, 4) is 16.3 Å². The molecule has 0 aliphatic carbocycles. The molecule has 0 aliphatic rings. The van der Waals surface area contributed by atoms with E-state index in [4.69, 9.17) is 4.74 Å². The summed E-state index contributed by atoms with van der Waals surface area (Å²) in [4.78, 5) is 32.9. The van der Waals surface area contributed by atoms with Crippen LogP contribution in [0.4, 0.5) is 0 Å². The molecule has 2 amide bonds. The average Bonchev–Trinajstić information content (AvgIpc) is 3.36. The molecule has 2 aromatic carbocycles. The van der Waals surface area contributed by atoms with Gasteiger partial charge in [0.2, 0.25) is 5.91 Å². The number of amides is 2. The van der Waals surface area contributed by atoms with Crippen molar-refractivity contribution >= 4 is 34.1 Å². The third kappa shape index (κ3) is 4.04. The lowest BCUT2D eigenvalue weighted by Crippen LogP contribution is -2.42. The van der Waals surface area contributed by atoms with Gasteiger partial charge in [0.05, 0.1) is 19.2 Å². The summed E-state index contributed by atoms with van der Waals surface area (Å²) in [6.07, 6.45) is 1.96. The second kappa shape index (κ2) is 8.38. The second-order valence-electron chi connectivity index (χ2n) is 6.70. The number of rotatable bonds is 5. The molecule has 0 atom stereocenters. The molecular weight excluding hydrogens is 400 g/mol. The third-order valence-electron chi connectivity index (χ3n) is 4.68. The Hall–Kier alpha value is -3.65. The first-order valence-electron chi connectivity index (χ1n) is 9.31. The van der Waals surface area contributed by atoms with E-state index in [1.54, 1.807) is 20.2 Å². The van der Waals surface area contributed by atoms with Crippen molar-refractivity contribution in [3.63, 3.8) is 0 Å². The average molecular weight is 420 g/mol. The topological polar surface area (TPSA) is 96.1 Å². The Balaban J connectivity index is 1.40. The van der Waals surface area contributed by atoms with E-state index in [-0.39, 0.29) is 12.3 Å². The van der Waals surface area contributed by atoms with Crippen LogP contribution in [0, 0.1) is 6.92 Å². The van der Waals surface area contributed by atoms with E-state index in [0.29, 0.717) is 10.6 Å². The first kappa shape index (κ1) is 19.7. The van der Waals surface area contributed by atoms with E-state index in [9.17, 15) is 9.59 Å². The van der Waals surface area contributed by atoms with Crippen LogP contribution in [0.2, 0.25) is 0 Å². The normalized spacial score (nSPS) is 10.7. The molecule has 8 heteroatoms. The fraction of sp³-hybridized carbons (Fsp3) is 0.136. The standard InChI is InChI=1S/C22H20N4O3S/c1-13-20(30-22(24-13)14-7-9-16(29-2)10-8-14)21(28)26-25-19(27)11-15-12-23-18-6-4-3-5-17(15)18/h3-10,12,23H,11H2,1-2H3,(H,25,27)(H,26,28). The first-order chi connectivity index (χ1) is 14.5. The maximum Gasteiger partial charge on any atom is 0.281 e. The number of H-pyrrole nitrogens is 1. The monoisotopic (exact) mass is 420 g/mol. The SMILES string of the molecule is COc1ccc(-c2nc(C)c(C(=O)NNC(=O)Cc3c[nH]c4ccccc34)s2)cc1. The Morgan fingerprint density at radius 1 is 1.10 bits per heavy atom. The van der Waals surface area contributed by atoms with Gasteiger partial charge in [-0.2, -0.15) is 0 Å². The molecule has 3 N–H and O–H groups in total. The van der Waals surface area contributed by atoms with Crippen LogP contribution >= 0.6 is 11.3 Å². The van der Waals surface area contributed by atoms with E-state index in [0.717, 1.165) is 32.8 Å². The van der Waals surface area contributed by atoms with Gasteiger partial charge in [-0.15, -0.1) is 11.3 Å². The lowest BCUT2D eigenvalue weighted by atomic mass is 10.1. The predicted molar refractivity (Wildman–Crippen MR) is 116 cm³/mol. The number of carbonyl (C=O) groups excluding carboxylic acids is 2. The van der Waals surface area contributed by atoms with Crippen molar-refractivity contribution < 1.29 is 14.3 Å². The van der Waals surface area contributed by atoms with Crippen LogP contribution in [0.15, 0.2) is 54.7 Å². The number of hydrogen-bond acceptors (Lipinski definition) is 5. The van der Waals surface area contributed by atoms with Crippen LogP contribution in [-0.2, 0) is 11.2 Å². The maximum atomic E-state index is 12.5. The molecule has 0 bridgehead atoms. The minimum absolute atomic E-state index is 0.156. The smallest absolute Gasteiger partial charge is 0.281 e. The second-order valence-corrected chi connectivity index (χ2v) is 7.70. The molecule has 0 radical (unpaired) electrons. The molecule has 0 saturated carbocycles. The molecule has 0 saturated heterocycles. The molecular formula is C22H20N4O3S. The summed E-state index contributed by atoms with van der Waals surface area (Å²) in [5.74, 6) is 0.0607. The highest BCUT2D eigenvalue weighted by Gasteiger charge is 2.17. The highest BCUT2D eigenvalue weighted by Crippen LogP contribution is 2.29. The van der Waals surface area contributed by atoms with Crippen LogP contribution in [0.5, 0.6) is 5.75 Å². The van der Waals surface area contributed by atoms with Crippen molar-refractivity contribution in [2.24, 2.45) is 0 Å². The molecule has 2 aromatic heterocycles. The minimum atomic E-state index is -0.392. The van der Waals surface area contributed by atoms with Gasteiger partial charge in [-0.05, 0) is 42.8 Å². The summed E-state index contributed by atoms with van der Waals surface area (Å²) in [5.41, 5.74) is 8.31. The molecule has 0 aliphatic heterocycles. The van der Waals surface area contributed by atoms with Crippen molar-refractivity contribution in [2.75, 3.05) is 7.11 Å². The number of fused-ring (bicyclic) bond motifs is 1. The number of thiazole rings is 1. The van der Waals surface area contributed by atoms with Gasteiger partial charge in [0.1, 0.15) is 15.6 Å². The first-order valence-corrected chi connectivity index (χ1v) is 10.1. The third-order valence-corrected chi connectivity index (χ3v) is 5.89. The number of benzene rings is 2. The predicted octanol–water partition coefficient (Wildman–Crippen LogP) is 3.61. The molecule has 4 rings (SSSR count). The van der Waals surface area contributed by atoms with E-state index >= 15 is 0 Å². The number of carbonyl (C=O) groups is 2. The molecule has 2 heterocycles. The summed E-state index contributed by atoms with van der Waals surface area (Å²) in [6, 6.07) is 15.2.